The Morgan fingerprint density at radius 1 is 1.26 bits per heavy atom. The highest BCUT2D eigenvalue weighted by Gasteiger charge is 2.03. The maximum atomic E-state index is 11.7. The molecule has 1 aromatic rings. The van der Waals surface area contributed by atoms with Crippen molar-refractivity contribution >= 4 is 23.2 Å². The standard InChI is InChI=1S/C16H28N4O2S/c1-3-8-17-15(21)13-20-16(18-9-6-10-22-4-2)19-12-14-7-5-11-23-14/h5,7,11H,3-4,6,8-10,12-13H2,1-2H3,(H,17,21)(H2,18,19,20). The normalized spacial score (nSPS) is 11.3. The average molecular weight is 340 g/mol. The number of ether oxygens (including phenoxy) is 1. The van der Waals surface area contributed by atoms with Crippen LogP contribution in [0.3, 0.4) is 0 Å². The molecule has 0 saturated carbocycles. The van der Waals surface area contributed by atoms with Crippen LogP contribution < -0.4 is 16.0 Å². The summed E-state index contributed by atoms with van der Waals surface area (Å²) in [6.45, 7) is 7.74. The number of guanidine groups is 1. The van der Waals surface area contributed by atoms with Gasteiger partial charge in [-0.2, -0.15) is 0 Å². The Hall–Kier alpha value is -1.60. The first-order chi connectivity index (χ1) is 11.3. The number of nitrogens with zero attached hydrogens (tertiary/aromatic N) is 1. The number of nitrogens with one attached hydrogen (secondary N) is 3. The van der Waals surface area contributed by atoms with Gasteiger partial charge in [0.15, 0.2) is 5.96 Å². The van der Waals surface area contributed by atoms with Gasteiger partial charge in [-0.05, 0) is 31.2 Å². The predicted molar refractivity (Wildman–Crippen MR) is 95.9 cm³/mol. The molecule has 0 saturated heterocycles. The van der Waals surface area contributed by atoms with E-state index in [9.17, 15) is 4.79 Å². The van der Waals surface area contributed by atoms with Gasteiger partial charge in [-0.3, -0.25) is 4.79 Å². The van der Waals surface area contributed by atoms with Gasteiger partial charge in [0.2, 0.25) is 5.91 Å². The van der Waals surface area contributed by atoms with Gasteiger partial charge >= 0.3 is 0 Å². The van der Waals surface area contributed by atoms with Gasteiger partial charge in [0.1, 0.15) is 6.54 Å². The summed E-state index contributed by atoms with van der Waals surface area (Å²) in [7, 11) is 0. The van der Waals surface area contributed by atoms with E-state index in [2.05, 4.69) is 27.0 Å². The Labute approximate surface area is 142 Å². The molecule has 130 valence electrons. The topological polar surface area (TPSA) is 74.8 Å². The maximum absolute atomic E-state index is 11.7. The van der Waals surface area contributed by atoms with Gasteiger partial charge in [0.05, 0.1) is 6.54 Å². The van der Waals surface area contributed by atoms with E-state index in [-0.39, 0.29) is 12.5 Å². The lowest BCUT2D eigenvalue weighted by Crippen LogP contribution is -2.39. The Bertz CT molecular complexity index is 449. The van der Waals surface area contributed by atoms with Crippen LogP contribution in [0, 0.1) is 0 Å². The minimum atomic E-state index is -0.0570. The number of rotatable bonds is 11. The fourth-order valence-corrected chi connectivity index (χ4v) is 2.40. The van der Waals surface area contributed by atoms with Gasteiger partial charge in [0.25, 0.3) is 0 Å². The maximum Gasteiger partial charge on any atom is 0.241 e. The largest absolute Gasteiger partial charge is 0.382 e. The van der Waals surface area contributed by atoms with Gasteiger partial charge in [0, 0.05) is 31.2 Å². The molecule has 23 heavy (non-hydrogen) atoms. The van der Waals surface area contributed by atoms with Crippen molar-refractivity contribution < 1.29 is 9.53 Å². The van der Waals surface area contributed by atoms with Crippen LogP contribution in [0.25, 0.3) is 0 Å². The zero-order valence-corrected chi connectivity index (χ0v) is 14.9. The summed E-state index contributed by atoms with van der Waals surface area (Å²) in [5.74, 6) is 0.597. The summed E-state index contributed by atoms with van der Waals surface area (Å²) in [5.41, 5.74) is 0. The third kappa shape index (κ3) is 9.91. The average Bonchev–Trinajstić information content (AvgIpc) is 3.07. The zero-order valence-electron chi connectivity index (χ0n) is 14.1. The third-order valence-corrected chi connectivity index (χ3v) is 3.80. The molecule has 0 spiro atoms. The van der Waals surface area contributed by atoms with E-state index in [0.717, 1.165) is 32.6 Å². The lowest BCUT2D eigenvalue weighted by Gasteiger charge is -2.12. The van der Waals surface area contributed by atoms with Gasteiger partial charge in [-0.1, -0.05) is 13.0 Å². The molecule has 3 N–H and O–H groups in total. The minimum absolute atomic E-state index is 0.0570. The Morgan fingerprint density at radius 3 is 2.83 bits per heavy atom. The molecular formula is C16H28N4O2S. The van der Waals surface area contributed by atoms with Crippen molar-refractivity contribution in [2.75, 3.05) is 32.8 Å². The molecule has 0 aliphatic rings. The monoisotopic (exact) mass is 340 g/mol. The predicted octanol–water partition coefficient (Wildman–Crippen LogP) is 1.74. The fourth-order valence-electron chi connectivity index (χ4n) is 1.75. The van der Waals surface area contributed by atoms with E-state index in [1.54, 1.807) is 11.3 Å². The first-order valence-corrected chi connectivity index (χ1v) is 9.03. The van der Waals surface area contributed by atoms with Crippen molar-refractivity contribution in [1.29, 1.82) is 0 Å². The smallest absolute Gasteiger partial charge is 0.241 e. The Kier molecular flexibility index (Phi) is 10.9. The summed E-state index contributed by atoms with van der Waals surface area (Å²) in [6.07, 6.45) is 1.82. The number of hydrogen-bond donors (Lipinski definition) is 3. The number of amides is 1. The van der Waals surface area contributed by atoms with E-state index < -0.39 is 0 Å². The summed E-state index contributed by atoms with van der Waals surface area (Å²) in [6, 6.07) is 4.09. The van der Waals surface area contributed by atoms with Crippen LogP contribution >= 0.6 is 11.3 Å². The lowest BCUT2D eigenvalue weighted by atomic mass is 10.4. The molecule has 0 unspecified atom stereocenters. The third-order valence-electron chi connectivity index (χ3n) is 2.93. The van der Waals surface area contributed by atoms with Gasteiger partial charge in [-0.15, -0.1) is 11.3 Å². The van der Waals surface area contributed by atoms with Crippen LogP contribution in [0.4, 0.5) is 0 Å². The molecule has 0 bridgehead atoms. The second-order valence-electron chi connectivity index (χ2n) is 4.92. The van der Waals surface area contributed by atoms with Gasteiger partial charge < -0.3 is 20.7 Å². The number of thiophene rings is 1. The van der Waals surface area contributed by atoms with E-state index in [1.807, 2.05) is 25.3 Å². The molecule has 1 heterocycles. The van der Waals surface area contributed by atoms with Crippen LogP contribution in [-0.2, 0) is 16.1 Å². The van der Waals surface area contributed by atoms with Crippen molar-refractivity contribution in [3.63, 3.8) is 0 Å². The first kappa shape index (κ1) is 19.4. The number of carbonyl (C=O) groups is 1. The number of carbonyl (C=O) groups excluding carboxylic acids is 1. The fraction of sp³-hybridized carbons (Fsp3) is 0.625. The SMILES string of the molecule is CCCNC(=O)CN=C(NCCCOCC)NCc1cccs1. The molecule has 0 aromatic carbocycles. The molecule has 1 aromatic heterocycles. The van der Waals surface area contributed by atoms with E-state index >= 15 is 0 Å². The molecule has 6 nitrogen and oxygen atoms in total. The van der Waals surface area contributed by atoms with Crippen LogP contribution in [0.5, 0.6) is 0 Å². The number of hydrogen-bond acceptors (Lipinski definition) is 4. The first-order valence-electron chi connectivity index (χ1n) is 8.15. The van der Waals surface area contributed by atoms with Crippen molar-refractivity contribution in [2.24, 2.45) is 4.99 Å². The quantitative estimate of drug-likeness (QED) is 0.326. The summed E-state index contributed by atoms with van der Waals surface area (Å²) in [5, 5.41) is 11.4. The van der Waals surface area contributed by atoms with Crippen LogP contribution in [0.1, 0.15) is 31.6 Å². The lowest BCUT2D eigenvalue weighted by molar-refractivity contribution is -0.119. The molecule has 0 fully saturated rings. The zero-order chi connectivity index (χ0) is 16.8. The molecular weight excluding hydrogens is 312 g/mol. The summed E-state index contributed by atoms with van der Waals surface area (Å²) >= 11 is 1.69. The van der Waals surface area contributed by atoms with E-state index in [1.165, 1.54) is 4.88 Å². The van der Waals surface area contributed by atoms with Crippen LogP contribution in [0.15, 0.2) is 22.5 Å². The highest BCUT2D eigenvalue weighted by molar-refractivity contribution is 7.09. The molecule has 0 aliphatic carbocycles. The van der Waals surface area contributed by atoms with E-state index in [0.29, 0.717) is 19.0 Å². The second kappa shape index (κ2) is 12.9. The Morgan fingerprint density at radius 2 is 2.13 bits per heavy atom. The van der Waals surface area contributed by atoms with Crippen molar-refractivity contribution in [1.82, 2.24) is 16.0 Å². The molecule has 7 heteroatoms. The van der Waals surface area contributed by atoms with Crippen molar-refractivity contribution in [3.05, 3.63) is 22.4 Å². The van der Waals surface area contributed by atoms with Crippen LogP contribution in [0.2, 0.25) is 0 Å². The molecule has 1 amide bonds. The summed E-state index contributed by atoms with van der Waals surface area (Å²) < 4.78 is 5.31. The second-order valence-corrected chi connectivity index (χ2v) is 5.96. The van der Waals surface area contributed by atoms with Crippen molar-refractivity contribution in [3.8, 4) is 0 Å². The molecule has 0 aliphatic heterocycles. The highest BCUT2D eigenvalue weighted by Crippen LogP contribution is 2.07. The van der Waals surface area contributed by atoms with Crippen molar-refractivity contribution in [2.45, 2.75) is 33.2 Å². The Balaban J connectivity index is 2.40. The minimum Gasteiger partial charge on any atom is -0.382 e. The summed E-state index contributed by atoms with van der Waals surface area (Å²) in [4.78, 5) is 17.2. The molecule has 0 radical (unpaired) electrons. The number of aliphatic imine (C=N–C) groups is 1. The van der Waals surface area contributed by atoms with Gasteiger partial charge in [-0.25, -0.2) is 4.99 Å². The highest BCUT2D eigenvalue weighted by atomic mass is 32.1. The van der Waals surface area contributed by atoms with Crippen LogP contribution in [-0.4, -0.2) is 44.7 Å². The van der Waals surface area contributed by atoms with E-state index in [4.69, 9.17) is 4.74 Å². The molecule has 0 atom stereocenters. The molecule has 1 rings (SSSR count).